The average molecular weight is 331 g/mol. The Balaban J connectivity index is 1.43. The van der Waals surface area contributed by atoms with Crippen molar-refractivity contribution < 1.29 is 9.53 Å². The zero-order chi connectivity index (χ0) is 17.1. The molecule has 1 atom stereocenters. The van der Waals surface area contributed by atoms with Crippen LogP contribution in [0.2, 0.25) is 0 Å². The van der Waals surface area contributed by atoms with Gasteiger partial charge < -0.3 is 10.1 Å². The molecule has 25 heavy (non-hydrogen) atoms. The molecule has 3 heteroatoms. The third kappa shape index (κ3) is 3.36. The van der Waals surface area contributed by atoms with Gasteiger partial charge in [0.15, 0.2) is 6.61 Å². The van der Waals surface area contributed by atoms with E-state index in [1.54, 1.807) is 0 Å². The summed E-state index contributed by atoms with van der Waals surface area (Å²) in [6.07, 6.45) is 3.18. The molecular weight excluding hydrogens is 310 g/mol. The van der Waals surface area contributed by atoms with Gasteiger partial charge >= 0.3 is 0 Å². The van der Waals surface area contributed by atoms with Crippen LogP contribution in [0.15, 0.2) is 66.7 Å². The molecule has 3 aromatic rings. The molecule has 4 rings (SSSR count). The Bertz CT molecular complexity index is 898. The van der Waals surface area contributed by atoms with Crippen molar-refractivity contribution in [2.75, 3.05) is 6.61 Å². The monoisotopic (exact) mass is 331 g/mol. The van der Waals surface area contributed by atoms with E-state index in [4.69, 9.17) is 4.74 Å². The van der Waals surface area contributed by atoms with Gasteiger partial charge in [-0.2, -0.15) is 0 Å². The number of hydrogen-bond donors (Lipinski definition) is 1. The molecule has 1 N–H and O–H groups in total. The Morgan fingerprint density at radius 3 is 2.76 bits per heavy atom. The number of nitrogens with one attached hydrogen (secondary N) is 1. The van der Waals surface area contributed by atoms with Crippen LogP contribution in [0.4, 0.5) is 0 Å². The van der Waals surface area contributed by atoms with Crippen molar-refractivity contribution in [3.63, 3.8) is 0 Å². The normalized spacial score (nSPS) is 16.2. The van der Waals surface area contributed by atoms with Gasteiger partial charge in [-0.3, -0.25) is 4.79 Å². The lowest BCUT2D eigenvalue weighted by Gasteiger charge is -2.26. The Kier molecular flexibility index (Phi) is 4.38. The van der Waals surface area contributed by atoms with Crippen LogP contribution in [0, 0.1) is 0 Å². The topological polar surface area (TPSA) is 38.3 Å². The molecule has 1 aliphatic rings. The summed E-state index contributed by atoms with van der Waals surface area (Å²) in [6, 6.07) is 22.4. The van der Waals surface area contributed by atoms with Gasteiger partial charge in [-0.05, 0) is 41.8 Å². The second kappa shape index (κ2) is 6.98. The fraction of sp³-hybridized carbons (Fsp3) is 0.227. The number of fused-ring (bicyclic) bond motifs is 2. The minimum atomic E-state index is -0.0744. The average Bonchev–Trinajstić information content (AvgIpc) is 2.66. The number of aryl methyl sites for hydroxylation is 1. The van der Waals surface area contributed by atoms with E-state index in [-0.39, 0.29) is 18.6 Å². The second-order valence-corrected chi connectivity index (χ2v) is 6.48. The SMILES string of the molecule is O=C(COc1cccc2ccccc12)NC1CCCc2ccccc21. The van der Waals surface area contributed by atoms with Gasteiger partial charge in [-0.1, -0.05) is 60.7 Å². The van der Waals surface area contributed by atoms with Crippen LogP contribution in [0.1, 0.15) is 30.0 Å². The summed E-state index contributed by atoms with van der Waals surface area (Å²) in [6.45, 7) is 0.0344. The van der Waals surface area contributed by atoms with E-state index in [2.05, 4.69) is 23.5 Å². The first kappa shape index (κ1) is 15.7. The summed E-state index contributed by atoms with van der Waals surface area (Å²) in [5, 5.41) is 5.27. The third-order valence-corrected chi connectivity index (χ3v) is 4.81. The van der Waals surface area contributed by atoms with Gasteiger partial charge in [0, 0.05) is 5.39 Å². The van der Waals surface area contributed by atoms with E-state index >= 15 is 0 Å². The number of benzene rings is 3. The van der Waals surface area contributed by atoms with Gasteiger partial charge in [0.25, 0.3) is 5.91 Å². The molecule has 1 unspecified atom stereocenters. The first-order chi connectivity index (χ1) is 12.3. The molecule has 0 saturated heterocycles. The Hall–Kier alpha value is -2.81. The van der Waals surface area contributed by atoms with Crippen LogP contribution in [-0.2, 0) is 11.2 Å². The summed E-state index contributed by atoms with van der Waals surface area (Å²) >= 11 is 0. The summed E-state index contributed by atoms with van der Waals surface area (Å²) in [5.74, 6) is 0.673. The third-order valence-electron chi connectivity index (χ3n) is 4.81. The molecule has 0 saturated carbocycles. The fourth-order valence-electron chi connectivity index (χ4n) is 3.60. The highest BCUT2D eigenvalue weighted by atomic mass is 16.5. The lowest BCUT2D eigenvalue weighted by molar-refractivity contribution is -0.123. The predicted octanol–water partition coefficient (Wildman–Crippen LogP) is 4.41. The number of amides is 1. The first-order valence-corrected chi connectivity index (χ1v) is 8.79. The van der Waals surface area contributed by atoms with E-state index in [1.807, 2.05) is 48.5 Å². The summed E-state index contributed by atoms with van der Waals surface area (Å²) in [7, 11) is 0. The maximum atomic E-state index is 12.4. The maximum absolute atomic E-state index is 12.4. The standard InChI is InChI=1S/C22H21NO2/c24-22(23-20-13-5-9-16-7-1-3-11-18(16)20)15-25-21-14-6-10-17-8-2-4-12-19(17)21/h1-4,6-8,10-12,14,20H,5,9,13,15H2,(H,23,24). The van der Waals surface area contributed by atoms with Crippen molar-refractivity contribution in [2.24, 2.45) is 0 Å². The van der Waals surface area contributed by atoms with E-state index in [0.717, 1.165) is 35.8 Å². The molecule has 126 valence electrons. The minimum absolute atomic E-state index is 0.0344. The maximum Gasteiger partial charge on any atom is 0.258 e. The molecule has 1 amide bonds. The van der Waals surface area contributed by atoms with Gasteiger partial charge in [-0.15, -0.1) is 0 Å². The smallest absolute Gasteiger partial charge is 0.258 e. The summed E-state index contributed by atoms with van der Waals surface area (Å²) < 4.78 is 5.80. The Morgan fingerprint density at radius 1 is 1.00 bits per heavy atom. The quantitative estimate of drug-likeness (QED) is 0.769. The van der Waals surface area contributed by atoms with Crippen LogP contribution in [0.3, 0.4) is 0 Å². The van der Waals surface area contributed by atoms with Gasteiger partial charge in [-0.25, -0.2) is 0 Å². The highest BCUT2D eigenvalue weighted by Crippen LogP contribution is 2.29. The molecule has 0 aliphatic heterocycles. The van der Waals surface area contributed by atoms with Crippen molar-refractivity contribution in [3.8, 4) is 5.75 Å². The second-order valence-electron chi connectivity index (χ2n) is 6.48. The molecule has 0 spiro atoms. The molecule has 0 fully saturated rings. The highest BCUT2D eigenvalue weighted by molar-refractivity contribution is 5.88. The Morgan fingerprint density at radius 2 is 1.80 bits per heavy atom. The van der Waals surface area contributed by atoms with Crippen molar-refractivity contribution in [1.82, 2.24) is 5.32 Å². The number of hydrogen-bond acceptors (Lipinski definition) is 2. The number of ether oxygens (including phenoxy) is 1. The number of rotatable bonds is 4. The Labute approximate surface area is 147 Å². The fourth-order valence-corrected chi connectivity index (χ4v) is 3.60. The van der Waals surface area contributed by atoms with Crippen LogP contribution in [0.5, 0.6) is 5.75 Å². The molecule has 0 bridgehead atoms. The molecule has 3 nitrogen and oxygen atoms in total. The first-order valence-electron chi connectivity index (χ1n) is 8.79. The van der Waals surface area contributed by atoms with Crippen molar-refractivity contribution in [3.05, 3.63) is 77.9 Å². The van der Waals surface area contributed by atoms with Gasteiger partial charge in [0.05, 0.1) is 6.04 Å². The van der Waals surface area contributed by atoms with Gasteiger partial charge in [0.1, 0.15) is 5.75 Å². The molecule has 0 radical (unpaired) electrons. The largest absolute Gasteiger partial charge is 0.483 e. The zero-order valence-corrected chi connectivity index (χ0v) is 14.1. The summed E-state index contributed by atoms with van der Waals surface area (Å²) in [5.41, 5.74) is 2.58. The molecule has 0 aromatic heterocycles. The minimum Gasteiger partial charge on any atom is -0.483 e. The number of carbonyl (C=O) groups excluding carboxylic acids is 1. The molecule has 3 aromatic carbocycles. The zero-order valence-electron chi connectivity index (χ0n) is 14.1. The molecular formula is C22H21NO2. The van der Waals surface area contributed by atoms with E-state index in [9.17, 15) is 4.79 Å². The van der Waals surface area contributed by atoms with Gasteiger partial charge in [0.2, 0.25) is 0 Å². The van der Waals surface area contributed by atoms with E-state index in [0.29, 0.717) is 0 Å². The van der Waals surface area contributed by atoms with Crippen LogP contribution >= 0.6 is 0 Å². The van der Waals surface area contributed by atoms with E-state index in [1.165, 1.54) is 11.1 Å². The molecule has 1 aliphatic carbocycles. The lowest BCUT2D eigenvalue weighted by atomic mass is 9.88. The summed E-state index contributed by atoms with van der Waals surface area (Å²) in [4.78, 5) is 12.4. The predicted molar refractivity (Wildman–Crippen MR) is 99.7 cm³/mol. The van der Waals surface area contributed by atoms with Crippen LogP contribution in [0.25, 0.3) is 10.8 Å². The van der Waals surface area contributed by atoms with E-state index < -0.39 is 0 Å². The number of carbonyl (C=O) groups is 1. The van der Waals surface area contributed by atoms with Crippen molar-refractivity contribution in [1.29, 1.82) is 0 Å². The van der Waals surface area contributed by atoms with Crippen LogP contribution < -0.4 is 10.1 Å². The lowest BCUT2D eigenvalue weighted by Crippen LogP contribution is -2.34. The van der Waals surface area contributed by atoms with Crippen molar-refractivity contribution >= 4 is 16.7 Å². The molecule has 0 heterocycles. The van der Waals surface area contributed by atoms with Crippen molar-refractivity contribution in [2.45, 2.75) is 25.3 Å². The van der Waals surface area contributed by atoms with Crippen LogP contribution in [-0.4, -0.2) is 12.5 Å². The highest BCUT2D eigenvalue weighted by Gasteiger charge is 2.21.